The van der Waals surface area contributed by atoms with Gasteiger partial charge in [-0.2, -0.15) is 0 Å². The van der Waals surface area contributed by atoms with Crippen LogP contribution in [0.3, 0.4) is 0 Å². The minimum atomic E-state index is -1.32. The molecule has 0 saturated heterocycles. The molecule has 14 heavy (non-hydrogen) atoms. The largest absolute Gasteiger partial charge is 0.426 e. The number of hydrogen-bond donors (Lipinski definition) is 1. The standard InChI is InChI=1S/C11H18O3/c1-4-5-6-7-11(13)9(3)8(2)10(12)14-11/h13H,4-7H2,1-3H3/t11-/m1/s1. The molecule has 1 atom stereocenters. The van der Waals surface area contributed by atoms with Gasteiger partial charge in [0.25, 0.3) is 0 Å². The van der Waals surface area contributed by atoms with E-state index in [2.05, 4.69) is 6.92 Å². The molecule has 0 bridgehead atoms. The van der Waals surface area contributed by atoms with E-state index < -0.39 is 5.79 Å². The van der Waals surface area contributed by atoms with E-state index in [0.717, 1.165) is 19.3 Å². The molecule has 0 unspecified atom stereocenters. The lowest BCUT2D eigenvalue weighted by Gasteiger charge is -2.22. The van der Waals surface area contributed by atoms with E-state index in [-0.39, 0.29) is 5.97 Å². The van der Waals surface area contributed by atoms with Gasteiger partial charge in [0.2, 0.25) is 5.79 Å². The predicted molar refractivity (Wildman–Crippen MR) is 53.6 cm³/mol. The van der Waals surface area contributed by atoms with Gasteiger partial charge >= 0.3 is 5.97 Å². The molecular weight excluding hydrogens is 180 g/mol. The third-order valence-corrected chi connectivity index (χ3v) is 2.84. The topological polar surface area (TPSA) is 46.5 Å². The van der Waals surface area contributed by atoms with Crippen molar-refractivity contribution in [2.24, 2.45) is 0 Å². The Balaban J connectivity index is 2.63. The molecule has 3 heteroatoms. The fraction of sp³-hybridized carbons (Fsp3) is 0.727. The van der Waals surface area contributed by atoms with Gasteiger partial charge in [0.1, 0.15) is 0 Å². The van der Waals surface area contributed by atoms with Gasteiger partial charge in [-0.15, -0.1) is 0 Å². The average molecular weight is 198 g/mol. The van der Waals surface area contributed by atoms with Gasteiger partial charge < -0.3 is 9.84 Å². The van der Waals surface area contributed by atoms with Crippen LogP contribution in [0.25, 0.3) is 0 Å². The summed E-state index contributed by atoms with van der Waals surface area (Å²) in [5.74, 6) is -1.71. The van der Waals surface area contributed by atoms with Crippen LogP contribution in [-0.2, 0) is 9.53 Å². The molecule has 0 fully saturated rings. The molecule has 80 valence electrons. The van der Waals surface area contributed by atoms with Crippen molar-refractivity contribution in [3.05, 3.63) is 11.1 Å². The van der Waals surface area contributed by atoms with Crippen LogP contribution in [0.4, 0.5) is 0 Å². The normalized spacial score (nSPS) is 27.0. The Labute approximate surface area is 84.8 Å². The summed E-state index contributed by atoms with van der Waals surface area (Å²) in [6, 6.07) is 0. The van der Waals surface area contributed by atoms with Crippen molar-refractivity contribution in [3.63, 3.8) is 0 Å². The van der Waals surface area contributed by atoms with E-state index in [4.69, 9.17) is 4.74 Å². The highest BCUT2D eigenvalue weighted by atomic mass is 16.7. The minimum absolute atomic E-state index is 0.388. The first-order valence-electron chi connectivity index (χ1n) is 5.15. The maximum atomic E-state index is 11.2. The van der Waals surface area contributed by atoms with Gasteiger partial charge in [0.05, 0.1) is 0 Å². The third-order valence-electron chi connectivity index (χ3n) is 2.84. The first-order valence-corrected chi connectivity index (χ1v) is 5.15. The Kier molecular flexibility index (Phi) is 3.32. The third kappa shape index (κ3) is 1.98. The van der Waals surface area contributed by atoms with Crippen molar-refractivity contribution in [3.8, 4) is 0 Å². The van der Waals surface area contributed by atoms with Gasteiger partial charge in [-0.05, 0) is 20.3 Å². The van der Waals surface area contributed by atoms with E-state index in [1.165, 1.54) is 0 Å². The van der Waals surface area contributed by atoms with Crippen LogP contribution in [-0.4, -0.2) is 16.9 Å². The summed E-state index contributed by atoms with van der Waals surface area (Å²) >= 11 is 0. The highest BCUT2D eigenvalue weighted by molar-refractivity contribution is 5.91. The molecule has 1 rings (SSSR count). The summed E-state index contributed by atoms with van der Waals surface area (Å²) in [7, 11) is 0. The second-order valence-corrected chi connectivity index (χ2v) is 3.88. The van der Waals surface area contributed by atoms with E-state index in [1.807, 2.05) is 0 Å². The number of carbonyl (C=O) groups excluding carboxylic acids is 1. The zero-order chi connectivity index (χ0) is 10.8. The first-order chi connectivity index (χ1) is 6.51. The lowest BCUT2D eigenvalue weighted by atomic mass is 9.99. The van der Waals surface area contributed by atoms with E-state index in [1.54, 1.807) is 13.8 Å². The zero-order valence-corrected chi connectivity index (χ0v) is 9.09. The van der Waals surface area contributed by atoms with Crippen LogP contribution in [0.15, 0.2) is 11.1 Å². The molecule has 0 spiro atoms. The number of rotatable bonds is 4. The van der Waals surface area contributed by atoms with E-state index >= 15 is 0 Å². The number of unbranched alkanes of at least 4 members (excludes halogenated alkanes) is 2. The molecule has 1 aliphatic rings. The molecule has 0 saturated carbocycles. The van der Waals surface area contributed by atoms with Gasteiger partial charge in [-0.3, -0.25) is 0 Å². The molecule has 0 radical (unpaired) electrons. The summed E-state index contributed by atoms with van der Waals surface area (Å²) in [6.07, 6.45) is 3.53. The second kappa shape index (κ2) is 4.13. The molecule has 0 aliphatic carbocycles. The Morgan fingerprint density at radius 2 is 2.00 bits per heavy atom. The molecule has 0 aromatic rings. The van der Waals surface area contributed by atoms with Crippen LogP contribution >= 0.6 is 0 Å². The Morgan fingerprint density at radius 3 is 2.43 bits per heavy atom. The monoisotopic (exact) mass is 198 g/mol. The quantitative estimate of drug-likeness (QED) is 0.556. The Morgan fingerprint density at radius 1 is 1.36 bits per heavy atom. The number of ether oxygens (including phenoxy) is 1. The second-order valence-electron chi connectivity index (χ2n) is 3.88. The molecule has 0 aromatic carbocycles. The number of carbonyl (C=O) groups is 1. The molecule has 0 amide bonds. The van der Waals surface area contributed by atoms with E-state index in [9.17, 15) is 9.90 Å². The zero-order valence-electron chi connectivity index (χ0n) is 9.09. The lowest BCUT2D eigenvalue weighted by molar-refractivity contribution is -0.183. The van der Waals surface area contributed by atoms with Gasteiger partial charge in [0, 0.05) is 17.6 Å². The molecule has 3 nitrogen and oxygen atoms in total. The minimum Gasteiger partial charge on any atom is -0.426 e. The maximum Gasteiger partial charge on any atom is 0.336 e. The summed E-state index contributed by atoms with van der Waals surface area (Å²) in [6.45, 7) is 5.54. The SMILES string of the molecule is CCCCC[C@@]1(O)OC(=O)C(C)=C1C. The average Bonchev–Trinajstić information content (AvgIpc) is 2.32. The molecule has 0 aromatic heterocycles. The summed E-state index contributed by atoms with van der Waals surface area (Å²) in [5.41, 5.74) is 1.21. The van der Waals surface area contributed by atoms with Gasteiger partial charge in [0.15, 0.2) is 0 Å². The number of cyclic esters (lactones) is 1. The molecular formula is C11H18O3. The Bertz CT molecular complexity index is 268. The van der Waals surface area contributed by atoms with Crippen molar-refractivity contribution in [1.82, 2.24) is 0 Å². The lowest BCUT2D eigenvalue weighted by Crippen LogP contribution is -2.30. The first kappa shape index (κ1) is 11.2. The smallest absolute Gasteiger partial charge is 0.336 e. The van der Waals surface area contributed by atoms with Gasteiger partial charge in [-0.1, -0.05) is 19.8 Å². The Hall–Kier alpha value is -0.830. The molecule has 1 aliphatic heterocycles. The van der Waals surface area contributed by atoms with Crippen molar-refractivity contribution < 1.29 is 14.6 Å². The van der Waals surface area contributed by atoms with E-state index in [0.29, 0.717) is 17.6 Å². The summed E-state index contributed by atoms with van der Waals surface area (Å²) in [4.78, 5) is 11.2. The van der Waals surface area contributed by atoms with Crippen molar-refractivity contribution in [1.29, 1.82) is 0 Å². The van der Waals surface area contributed by atoms with Crippen LogP contribution < -0.4 is 0 Å². The van der Waals surface area contributed by atoms with Crippen LogP contribution in [0.5, 0.6) is 0 Å². The predicted octanol–water partition coefficient (Wildman–Crippen LogP) is 2.15. The summed E-state index contributed by atoms with van der Waals surface area (Å²) < 4.78 is 4.96. The van der Waals surface area contributed by atoms with Crippen LogP contribution in [0, 0.1) is 0 Å². The molecule has 1 N–H and O–H groups in total. The van der Waals surface area contributed by atoms with Crippen molar-refractivity contribution >= 4 is 5.97 Å². The van der Waals surface area contributed by atoms with Gasteiger partial charge in [-0.25, -0.2) is 4.79 Å². The fourth-order valence-corrected chi connectivity index (χ4v) is 1.61. The number of esters is 1. The fourth-order valence-electron chi connectivity index (χ4n) is 1.61. The maximum absolute atomic E-state index is 11.2. The number of hydrogen-bond acceptors (Lipinski definition) is 3. The number of aliphatic hydroxyl groups is 1. The van der Waals surface area contributed by atoms with Crippen LogP contribution in [0.1, 0.15) is 46.5 Å². The van der Waals surface area contributed by atoms with Crippen LogP contribution in [0.2, 0.25) is 0 Å². The van der Waals surface area contributed by atoms with Crippen molar-refractivity contribution in [2.45, 2.75) is 52.2 Å². The summed E-state index contributed by atoms with van der Waals surface area (Å²) in [5, 5.41) is 10.0. The van der Waals surface area contributed by atoms with Crippen molar-refractivity contribution in [2.75, 3.05) is 0 Å². The highest BCUT2D eigenvalue weighted by Gasteiger charge is 2.41. The molecule has 1 heterocycles. The highest BCUT2D eigenvalue weighted by Crippen LogP contribution is 2.34.